The van der Waals surface area contributed by atoms with Gasteiger partial charge in [-0.3, -0.25) is 4.57 Å². The van der Waals surface area contributed by atoms with Crippen LogP contribution in [0.4, 0.5) is 0 Å². The fourth-order valence-electron chi connectivity index (χ4n) is 4.30. The Morgan fingerprint density at radius 2 is 1.95 bits per heavy atom. The lowest BCUT2D eigenvalue weighted by Gasteiger charge is -2.26. The Balaban J connectivity index is 0.00000147. The number of carbonyl (C=O) groups excluding carboxylic acids is 2. The van der Waals surface area contributed by atoms with Crippen molar-refractivity contribution < 1.29 is 44.3 Å². The summed E-state index contributed by atoms with van der Waals surface area (Å²) in [6.07, 6.45) is 2.64. The van der Waals surface area contributed by atoms with E-state index in [0.717, 1.165) is 5.56 Å². The molecule has 41 heavy (non-hydrogen) atoms. The molecule has 1 fully saturated rings. The molecule has 1 aliphatic rings. The minimum atomic E-state index is -2.20. The zero-order valence-electron chi connectivity index (χ0n) is 22.2. The fraction of sp³-hybridized carbons (Fsp3) is 0.444. The number of fused-ring (bicyclic) bond motifs is 1. The number of ether oxygens (including phenoxy) is 2. The molecule has 13 nitrogen and oxygen atoms in total. The van der Waals surface area contributed by atoms with Crippen molar-refractivity contribution in [2.45, 2.75) is 68.9 Å². The number of rotatable bonds is 10. The second-order valence-corrected chi connectivity index (χ2v) is 10.3. The number of terminal acetylenes is 1. The van der Waals surface area contributed by atoms with Gasteiger partial charge in [-0.2, -0.15) is 14.6 Å². The highest BCUT2D eigenvalue weighted by Gasteiger charge is 2.56. The zero-order chi connectivity index (χ0) is 30.4. The molecule has 1 aromatic carbocycles. The maximum atomic E-state index is 11.8. The zero-order valence-corrected chi connectivity index (χ0v) is 22.9. The van der Waals surface area contributed by atoms with E-state index < -0.39 is 48.3 Å². The predicted octanol–water partition coefficient (Wildman–Crippen LogP) is 0.935. The van der Waals surface area contributed by atoms with Crippen LogP contribution in [0.2, 0.25) is 5.28 Å². The third kappa shape index (κ3) is 7.52. The summed E-state index contributed by atoms with van der Waals surface area (Å²) in [4.78, 5) is 40.9. The van der Waals surface area contributed by atoms with E-state index in [1.807, 2.05) is 6.07 Å². The smallest absolute Gasteiger partial charge is 0.373 e. The average Bonchev–Trinajstić information content (AvgIpc) is 3.44. The monoisotopic (exact) mass is 588 g/mol. The predicted molar refractivity (Wildman–Crippen MR) is 141 cm³/mol. The molecule has 14 heteroatoms. The number of aliphatic hydroxyl groups excluding tert-OH is 1. The van der Waals surface area contributed by atoms with Crippen LogP contribution in [0.5, 0.6) is 0 Å². The van der Waals surface area contributed by atoms with E-state index in [1.165, 1.54) is 10.9 Å². The normalized spacial score (nSPS) is 22.8. The minimum absolute atomic E-state index is 0.0743. The van der Waals surface area contributed by atoms with Gasteiger partial charge in [-0.1, -0.05) is 36.3 Å². The number of imidazole rings is 1. The van der Waals surface area contributed by atoms with E-state index in [9.17, 15) is 25.2 Å². The largest absolute Gasteiger partial charge is 0.479 e. The summed E-state index contributed by atoms with van der Waals surface area (Å²) < 4.78 is 12.9. The molecule has 0 bridgehead atoms. The third-order valence-electron chi connectivity index (χ3n) is 6.45. The van der Waals surface area contributed by atoms with Crippen LogP contribution in [0.25, 0.3) is 11.2 Å². The van der Waals surface area contributed by atoms with Crippen molar-refractivity contribution in [1.29, 1.82) is 0 Å². The molecule has 5 atom stereocenters. The first kappa shape index (κ1) is 31.8. The molecule has 218 valence electrons. The standard InChI is InChI=1S/C26H29ClN4O7.CO2/c1-4-26(36)18(13-37-17(23(33)34)12-15-8-6-5-7-9-15)38-22(20(26)32)31-14-28-19-16(10-11-25(2,3)35)29-24(27)30-21(19)31;2-1-3/h1,5-9,14,17-18,20,22,32,35-36H,10-13H2,2-3H3,(H,33,34);/t17?,18-,20+,22-,26-;/m1./s1. The Bertz CT molecular complexity index is 1430. The highest BCUT2D eigenvalue weighted by Crippen LogP contribution is 2.39. The maximum absolute atomic E-state index is 11.8. The molecule has 0 amide bonds. The SMILES string of the molecule is C#C[C@@]1(O)[C@@H](COC(Cc2ccccc2)C(=O)O)O[C@@H](n2cnc3c(CCC(C)(C)O)nc(Cl)nc32)[C@@H]1O.O=C=O. The van der Waals surface area contributed by atoms with Crippen molar-refractivity contribution in [3.8, 4) is 12.3 Å². The summed E-state index contributed by atoms with van der Waals surface area (Å²) in [5.41, 5.74) is -1.29. The van der Waals surface area contributed by atoms with E-state index in [2.05, 4.69) is 20.9 Å². The molecule has 0 aliphatic carbocycles. The number of aliphatic hydroxyl groups is 3. The number of carboxylic acid groups (broad SMARTS) is 1. The number of aliphatic carboxylic acids is 1. The Morgan fingerprint density at radius 3 is 2.54 bits per heavy atom. The lowest BCUT2D eigenvalue weighted by atomic mass is 9.93. The fourth-order valence-corrected chi connectivity index (χ4v) is 4.48. The Kier molecular flexibility index (Phi) is 10.3. The van der Waals surface area contributed by atoms with E-state index in [1.54, 1.807) is 38.1 Å². The van der Waals surface area contributed by atoms with Crippen LogP contribution in [0, 0.1) is 12.3 Å². The number of halogens is 1. The van der Waals surface area contributed by atoms with Crippen LogP contribution in [-0.2, 0) is 36.7 Å². The Hall–Kier alpha value is -3.73. The highest BCUT2D eigenvalue weighted by molar-refractivity contribution is 6.28. The summed E-state index contributed by atoms with van der Waals surface area (Å²) in [6.45, 7) is 2.94. The topological polar surface area (TPSA) is 194 Å². The average molecular weight is 589 g/mol. The van der Waals surface area contributed by atoms with E-state index in [4.69, 9.17) is 37.1 Å². The van der Waals surface area contributed by atoms with E-state index >= 15 is 0 Å². The third-order valence-corrected chi connectivity index (χ3v) is 6.62. The van der Waals surface area contributed by atoms with E-state index in [-0.39, 0.29) is 23.5 Å². The molecule has 0 saturated carbocycles. The molecule has 0 spiro atoms. The van der Waals surface area contributed by atoms with Gasteiger partial charge in [-0.05, 0) is 43.9 Å². The second kappa shape index (κ2) is 13.3. The first-order chi connectivity index (χ1) is 19.3. The van der Waals surface area contributed by atoms with Gasteiger partial charge in [-0.25, -0.2) is 14.8 Å². The van der Waals surface area contributed by atoms with Gasteiger partial charge < -0.3 is 29.9 Å². The van der Waals surface area contributed by atoms with Crippen LogP contribution < -0.4 is 0 Å². The van der Waals surface area contributed by atoms with Gasteiger partial charge in [0.2, 0.25) is 5.28 Å². The van der Waals surface area contributed by atoms with Crippen LogP contribution in [-0.4, -0.2) is 88.2 Å². The van der Waals surface area contributed by atoms with Crippen LogP contribution in [0.1, 0.15) is 37.8 Å². The van der Waals surface area contributed by atoms with Gasteiger partial charge in [0.05, 0.1) is 24.2 Å². The van der Waals surface area contributed by atoms with Crippen molar-refractivity contribution in [3.63, 3.8) is 0 Å². The van der Waals surface area contributed by atoms with Gasteiger partial charge in [-0.15, -0.1) is 6.42 Å². The molecule has 4 rings (SSSR count). The summed E-state index contributed by atoms with van der Waals surface area (Å²) in [6, 6.07) is 8.93. The number of benzene rings is 1. The lowest BCUT2D eigenvalue weighted by Crippen LogP contribution is -2.48. The number of hydrogen-bond donors (Lipinski definition) is 4. The number of aromatic nitrogens is 4. The molecule has 3 heterocycles. The first-order valence-electron chi connectivity index (χ1n) is 12.4. The number of carbonyl (C=O) groups is 1. The number of aryl methyl sites for hydroxylation is 1. The van der Waals surface area contributed by atoms with Crippen LogP contribution >= 0.6 is 11.6 Å². The molecule has 3 aromatic rings. The molecule has 1 unspecified atom stereocenters. The summed E-state index contributed by atoms with van der Waals surface area (Å²) in [7, 11) is 0. The van der Waals surface area contributed by atoms with E-state index in [0.29, 0.717) is 24.1 Å². The van der Waals surface area contributed by atoms with Crippen molar-refractivity contribution in [2.24, 2.45) is 0 Å². The van der Waals surface area contributed by atoms with Crippen LogP contribution in [0.3, 0.4) is 0 Å². The number of carboxylic acids is 1. The minimum Gasteiger partial charge on any atom is -0.479 e. The quantitative estimate of drug-likeness (QED) is 0.194. The van der Waals surface area contributed by atoms with Crippen molar-refractivity contribution in [1.82, 2.24) is 19.5 Å². The van der Waals surface area contributed by atoms with Crippen molar-refractivity contribution >= 4 is 34.9 Å². The van der Waals surface area contributed by atoms with Crippen molar-refractivity contribution in [3.05, 3.63) is 53.2 Å². The van der Waals surface area contributed by atoms with Gasteiger partial charge in [0.15, 0.2) is 23.6 Å². The summed E-state index contributed by atoms with van der Waals surface area (Å²) in [5, 5.41) is 41.8. The molecule has 0 radical (unpaired) electrons. The Morgan fingerprint density at radius 1 is 1.29 bits per heavy atom. The molecule has 2 aromatic heterocycles. The maximum Gasteiger partial charge on any atom is 0.373 e. The number of hydrogen-bond acceptors (Lipinski definition) is 11. The van der Waals surface area contributed by atoms with Crippen molar-refractivity contribution in [2.75, 3.05) is 6.61 Å². The molecular weight excluding hydrogens is 560 g/mol. The molecule has 4 N–H and O–H groups in total. The Labute approximate surface area is 239 Å². The van der Waals surface area contributed by atoms with Gasteiger partial charge >= 0.3 is 12.1 Å². The molecule has 1 saturated heterocycles. The molecular formula is C27H29ClN4O9. The second-order valence-electron chi connectivity index (χ2n) is 9.94. The van der Waals surface area contributed by atoms with Gasteiger partial charge in [0, 0.05) is 6.42 Å². The molecule has 1 aliphatic heterocycles. The number of nitrogens with zero attached hydrogens (tertiary/aromatic N) is 4. The lowest BCUT2D eigenvalue weighted by molar-refractivity contribution is -0.191. The first-order valence-corrected chi connectivity index (χ1v) is 12.7. The van der Waals surface area contributed by atoms with Gasteiger partial charge in [0.25, 0.3) is 0 Å². The van der Waals surface area contributed by atoms with Crippen LogP contribution in [0.15, 0.2) is 36.7 Å². The van der Waals surface area contributed by atoms with Gasteiger partial charge in [0.1, 0.15) is 17.7 Å². The highest BCUT2D eigenvalue weighted by atomic mass is 35.5. The summed E-state index contributed by atoms with van der Waals surface area (Å²) >= 11 is 6.15. The summed E-state index contributed by atoms with van der Waals surface area (Å²) in [5.74, 6) is 0.980.